The fourth-order valence-corrected chi connectivity index (χ4v) is 2.31. The van der Waals surface area contributed by atoms with Gasteiger partial charge in [-0.2, -0.15) is 0 Å². The topological polar surface area (TPSA) is 75.4 Å². The Kier molecular flexibility index (Phi) is 3.98. The number of nitrogens with one attached hydrogen (secondary N) is 1. The highest BCUT2D eigenvalue weighted by Gasteiger charge is 2.21. The fraction of sp³-hybridized carbons (Fsp3) is 0.0588. The minimum absolute atomic E-state index is 0.0194. The summed E-state index contributed by atoms with van der Waals surface area (Å²) < 4.78 is 5.47. The molecule has 5 nitrogen and oxygen atoms in total. The van der Waals surface area contributed by atoms with Gasteiger partial charge in [0.25, 0.3) is 0 Å². The Morgan fingerprint density at radius 1 is 1.00 bits per heavy atom. The molecule has 0 saturated heterocycles. The molecule has 110 valence electrons. The maximum atomic E-state index is 11.6. The summed E-state index contributed by atoms with van der Waals surface area (Å²) in [5, 5.41) is 12.9. The zero-order valence-corrected chi connectivity index (χ0v) is 11.7. The second-order valence-corrected chi connectivity index (χ2v) is 4.78. The van der Waals surface area contributed by atoms with Crippen LogP contribution in [0.5, 0.6) is 0 Å². The highest BCUT2D eigenvalue weighted by Crippen LogP contribution is 2.32. The maximum Gasteiger partial charge on any atom is 0.247 e. The molecule has 1 aromatic heterocycles. The molecule has 0 saturated carbocycles. The molecule has 0 atom stereocenters. The van der Waals surface area contributed by atoms with Gasteiger partial charge in [0.05, 0.1) is 6.42 Å². The number of hydrogen-bond donors (Lipinski definition) is 2. The smallest absolute Gasteiger partial charge is 0.247 e. The van der Waals surface area contributed by atoms with E-state index in [1.165, 1.54) is 0 Å². The first-order valence-corrected chi connectivity index (χ1v) is 6.82. The molecular formula is C17H14N2O3. The molecule has 3 rings (SSSR count). The molecule has 0 unspecified atom stereocenters. The van der Waals surface area contributed by atoms with Crippen LogP contribution in [0.3, 0.4) is 0 Å². The van der Waals surface area contributed by atoms with Crippen LogP contribution in [0.15, 0.2) is 65.2 Å². The summed E-state index contributed by atoms with van der Waals surface area (Å²) in [5.41, 5.74) is 4.58. The van der Waals surface area contributed by atoms with E-state index in [9.17, 15) is 4.79 Å². The Hall–Kier alpha value is -2.92. The lowest BCUT2D eigenvalue weighted by Crippen LogP contribution is -2.21. The van der Waals surface area contributed by atoms with E-state index in [1.54, 1.807) is 5.48 Å². The molecule has 0 radical (unpaired) electrons. The quantitative estimate of drug-likeness (QED) is 0.573. The number of nitrogens with zero attached hydrogens (tertiary/aromatic N) is 1. The van der Waals surface area contributed by atoms with E-state index in [4.69, 9.17) is 9.73 Å². The number of rotatable bonds is 4. The van der Waals surface area contributed by atoms with Crippen LogP contribution in [-0.4, -0.2) is 16.3 Å². The molecule has 1 heterocycles. The lowest BCUT2D eigenvalue weighted by Gasteiger charge is -2.03. The van der Waals surface area contributed by atoms with Crippen molar-refractivity contribution >= 4 is 5.91 Å². The molecule has 0 aliphatic heterocycles. The van der Waals surface area contributed by atoms with Crippen LogP contribution in [-0.2, 0) is 11.2 Å². The predicted octanol–water partition coefficient (Wildman–Crippen LogP) is 3.06. The molecular weight excluding hydrogens is 280 g/mol. The molecule has 0 aliphatic carbocycles. The Bertz CT molecular complexity index is 710. The summed E-state index contributed by atoms with van der Waals surface area (Å²) in [6.45, 7) is 0. The minimum atomic E-state index is -0.516. The second kappa shape index (κ2) is 6.24. The third-order valence-electron chi connectivity index (χ3n) is 3.33. The molecule has 2 aromatic carbocycles. The first-order valence-electron chi connectivity index (χ1n) is 6.82. The standard InChI is InChI=1S/C17H14N2O3/c20-15(18-21)11-14-16(12-7-3-1-4-8-12)19-22-17(14)13-9-5-2-6-10-13/h1-10,21H,11H2,(H,18,20). The highest BCUT2D eigenvalue weighted by molar-refractivity contribution is 5.84. The summed E-state index contributed by atoms with van der Waals surface area (Å²) in [6.07, 6.45) is -0.0194. The highest BCUT2D eigenvalue weighted by atomic mass is 16.5. The van der Waals surface area contributed by atoms with Gasteiger partial charge >= 0.3 is 0 Å². The van der Waals surface area contributed by atoms with Crippen LogP contribution in [0.2, 0.25) is 0 Å². The SMILES string of the molecule is O=C(Cc1c(-c2ccccc2)noc1-c1ccccc1)NO. The first-order chi connectivity index (χ1) is 10.8. The van der Waals surface area contributed by atoms with Crippen molar-refractivity contribution in [2.24, 2.45) is 0 Å². The average molecular weight is 294 g/mol. The first kappa shape index (κ1) is 14.0. The van der Waals surface area contributed by atoms with Crippen molar-refractivity contribution < 1.29 is 14.5 Å². The largest absolute Gasteiger partial charge is 0.355 e. The number of carbonyl (C=O) groups excluding carboxylic acids is 1. The van der Waals surface area contributed by atoms with Gasteiger partial charge in [-0.3, -0.25) is 10.0 Å². The number of amides is 1. The normalized spacial score (nSPS) is 10.4. The van der Waals surface area contributed by atoms with E-state index in [2.05, 4.69) is 5.16 Å². The zero-order valence-electron chi connectivity index (χ0n) is 11.7. The van der Waals surface area contributed by atoms with E-state index in [1.807, 2.05) is 60.7 Å². The molecule has 0 spiro atoms. The molecule has 3 aromatic rings. The summed E-state index contributed by atoms with van der Waals surface area (Å²) in [7, 11) is 0. The van der Waals surface area contributed by atoms with Gasteiger partial charge < -0.3 is 4.52 Å². The van der Waals surface area contributed by atoms with E-state index in [0.29, 0.717) is 17.0 Å². The van der Waals surface area contributed by atoms with E-state index < -0.39 is 5.91 Å². The summed E-state index contributed by atoms with van der Waals surface area (Å²) in [6, 6.07) is 18.9. The van der Waals surface area contributed by atoms with Gasteiger partial charge in [-0.05, 0) is 0 Å². The van der Waals surface area contributed by atoms with Crippen molar-refractivity contribution in [2.75, 3.05) is 0 Å². The van der Waals surface area contributed by atoms with Gasteiger partial charge in [0.15, 0.2) is 5.76 Å². The third kappa shape index (κ3) is 2.75. The molecule has 0 bridgehead atoms. The fourth-order valence-electron chi connectivity index (χ4n) is 2.31. The molecule has 0 aliphatic rings. The van der Waals surface area contributed by atoms with Gasteiger partial charge in [0, 0.05) is 16.7 Å². The summed E-state index contributed by atoms with van der Waals surface area (Å²) in [4.78, 5) is 11.6. The van der Waals surface area contributed by atoms with Crippen molar-refractivity contribution in [3.63, 3.8) is 0 Å². The van der Waals surface area contributed by atoms with Gasteiger partial charge in [0.2, 0.25) is 5.91 Å². The van der Waals surface area contributed by atoms with Crippen molar-refractivity contribution in [2.45, 2.75) is 6.42 Å². The molecule has 22 heavy (non-hydrogen) atoms. The summed E-state index contributed by atoms with van der Waals surface area (Å²) >= 11 is 0. The lowest BCUT2D eigenvalue weighted by molar-refractivity contribution is -0.128. The monoisotopic (exact) mass is 294 g/mol. The van der Waals surface area contributed by atoms with Crippen LogP contribution < -0.4 is 5.48 Å². The Balaban J connectivity index is 2.12. The maximum absolute atomic E-state index is 11.6. The van der Waals surface area contributed by atoms with Crippen LogP contribution in [0, 0.1) is 0 Å². The Morgan fingerprint density at radius 2 is 1.59 bits per heavy atom. The second-order valence-electron chi connectivity index (χ2n) is 4.78. The van der Waals surface area contributed by atoms with Gasteiger partial charge in [-0.1, -0.05) is 65.8 Å². The van der Waals surface area contributed by atoms with Crippen LogP contribution in [0.25, 0.3) is 22.6 Å². The van der Waals surface area contributed by atoms with Crippen molar-refractivity contribution in [1.82, 2.24) is 10.6 Å². The van der Waals surface area contributed by atoms with Crippen molar-refractivity contribution in [3.05, 3.63) is 66.2 Å². The minimum Gasteiger partial charge on any atom is -0.355 e. The lowest BCUT2D eigenvalue weighted by atomic mass is 10.00. The average Bonchev–Trinajstić information content (AvgIpc) is 3.00. The number of hydroxylamine groups is 1. The van der Waals surface area contributed by atoms with Gasteiger partial charge in [-0.15, -0.1) is 0 Å². The van der Waals surface area contributed by atoms with Crippen molar-refractivity contribution in [1.29, 1.82) is 0 Å². The van der Waals surface area contributed by atoms with Crippen molar-refractivity contribution in [3.8, 4) is 22.6 Å². The third-order valence-corrected chi connectivity index (χ3v) is 3.33. The van der Waals surface area contributed by atoms with E-state index in [-0.39, 0.29) is 6.42 Å². The van der Waals surface area contributed by atoms with Crippen LogP contribution >= 0.6 is 0 Å². The number of aromatic nitrogens is 1. The molecule has 1 amide bonds. The molecule has 2 N–H and O–H groups in total. The molecule has 0 fully saturated rings. The van der Waals surface area contributed by atoms with E-state index in [0.717, 1.165) is 11.1 Å². The van der Waals surface area contributed by atoms with Crippen LogP contribution in [0.1, 0.15) is 5.56 Å². The van der Waals surface area contributed by atoms with Gasteiger partial charge in [-0.25, -0.2) is 5.48 Å². The Labute approximate surface area is 127 Å². The molecule has 5 heteroatoms. The number of carbonyl (C=O) groups is 1. The summed E-state index contributed by atoms with van der Waals surface area (Å²) in [5.74, 6) is 0.0145. The predicted molar refractivity (Wildman–Crippen MR) is 81.0 cm³/mol. The van der Waals surface area contributed by atoms with E-state index >= 15 is 0 Å². The van der Waals surface area contributed by atoms with Gasteiger partial charge in [0.1, 0.15) is 5.69 Å². The zero-order chi connectivity index (χ0) is 15.4. The number of benzene rings is 2. The van der Waals surface area contributed by atoms with Crippen LogP contribution in [0.4, 0.5) is 0 Å². The Morgan fingerprint density at radius 3 is 2.18 bits per heavy atom. The number of hydrogen-bond acceptors (Lipinski definition) is 4.